The monoisotopic (exact) mass is 297 g/mol. The van der Waals surface area contributed by atoms with Crippen molar-refractivity contribution in [3.63, 3.8) is 0 Å². The molecule has 1 N–H and O–H groups in total. The minimum Gasteiger partial charge on any atom is -0.358 e. The van der Waals surface area contributed by atoms with Crippen LogP contribution in [-0.4, -0.2) is 38.4 Å². The molecule has 1 atom stereocenters. The molecule has 8 heteroatoms. The molecule has 0 saturated heterocycles. The van der Waals surface area contributed by atoms with Gasteiger partial charge in [-0.15, -0.1) is 5.10 Å². The Bertz CT molecular complexity index is 571. The quantitative estimate of drug-likeness (QED) is 0.867. The van der Waals surface area contributed by atoms with Crippen molar-refractivity contribution >= 4 is 29.3 Å². The third-order valence-electron chi connectivity index (χ3n) is 2.41. The molecule has 0 radical (unpaired) electrons. The maximum atomic E-state index is 11.5. The van der Waals surface area contributed by atoms with Gasteiger partial charge in [0.25, 0.3) is 0 Å². The number of thioether (sulfide) groups is 1. The minimum atomic E-state index is -0.276. The molecule has 0 aliphatic rings. The molecule has 100 valence electrons. The lowest BCUT2D eigenvalue weighted by Crippen LogP contribution is -2.27. The molecular formula is C11H12ClN5OS. The van der Waals surface area contributed by atoms with Gasteiger partial charge >= 0.3 is 0 Å². The molecule has 0 aliphatic heterocycles. The maximum absolute atomic E-state index is 11.5. The second-order valence-electron chi connectivity index (χ2n) is 3.72. The molecule has 19 heavy (non-hydrogen) atoms. The number of rotatable bonds is 4. The summed E-state index contributed by atoms with van der Waals surface area (Å²) in [5, 5.41) is 15.0. The molecule has 0 saturated carbocycles. The van der Waals surface area contributed by atoms with E-state index in [1.807, 2.05) is 12.1 Å². The summed E-state index contributed by atoms with van der Waals surface area (Å²) < 4.78 is 1.57. The molecule has 0 fully saturated rings. The highest BCUT2D eigenvalue weighted by atomic mass is 35.5. The third-order valence-corrected chi connectivity index (χ3v) is 3.69. The van der Waals surface area contributed by atoms with Crippen LogP contribution < -0.4 is 5.32 Å². The largest absolute Gasteiger partial charge is 0.358 e. The van der Waals surface area contributed by atoms with Crippen molar-refractivity contribution in [2.75, 3.05) is 7.05 Å². The smallest absolute Gasteiger partial charge is 0.233 e. The Kier molecular flexibility index (Phi) is 4.39. The highest BCUT2D eigenvalue weighted by Crippen LogP contribution is 2.23. The number of benzene rings is 1. The topological polar surface area (TPSA) is 72.7 Å². The van der Waals surface area contributed by atoms with E-state index < -0.39 is 0 Å². The van der Waals surface area contributed by atoms with Crippen molar-refractivity contribution in [3.05, 3.63) is 29.3 Å². The SMILES string of the molecule is CNC(=O)C(C)Sc1nnnn1-c1ccc(Cl)cc1. The van der Waals surface area contributed by atoms with Crippen LogP contribution in [0.3, 0.4) is 0 Å². The summed E-state index contributed by atoms with van der Waals surface area (Å²) in [5.41, 5.74) is 0.793. The first-order chi connectivity index (χ1) is 9.11. The number of hydrogen-bond acceptors (Lipinski definition) is 5. The lowest BCUT2D eigenvalue weighted by molar-refractivity contribution is -0.119. The van der Waals surface area contributed by atoms with Gasteiger partial charge in [-0.1, -0.05) is 23.4 Å². The molecule has 1 aromatic carbocycles. The van der Waals surface area contributed by atoms with Crippen molar-refractivity contribution in [2.24, 2.45) is 0 Å². The molecule has 2 rings (SSSR count). The van der Waals surface area contributed by atoms with Crippen LogP contribution in [0.2, 0.25) is 5.02 Å². The number of carbonyl (C=O) groups is 1. The van der Waals surface area contributed by atoms with Gasteiger partial charge in [0.15, 0.2) is 0 Å². The Labute approximate surface area is 119 Å². The number of aromatic nitrogens is 4. The minimum absolute atomic E-state index is 0.0735. The van der Waals surface area contributed by atoms with Crippen LogP contribution in [0.25, 0.3) is 5.69 Å². The van der Waals surface area contributed by atoms with Gasteiger partial charge < -0.3 is 5.32 Å². The second kappa shape index (κ2) is 6.03. The van der Waals surface area contributed by atoms with Crippen molar-refractivity contribution in [2.45, 2.75) is 17.3 Å². The predicted molar refractivity (Wildman–Crippen MR) is 73.5 cm³/mol. The fourth-order valence-electron chi connectivity index (χ4n) is 1.41. The number of amides is 1. The third kappa shape index (κ3) is 3.24. The number of nitrogens with one attached hydrogen (secondary N) is 1. The summed E-state index contributed by atoms with van der Waals surface area (Å²) >= 11 is 7.13. The van der Waals surface area contributed by atoms with E-state index >= 15 is 0 Å². The maximum Gasteiger partial charge on any atom is 0.233 e. The van der Waals surface area contributed by atoms with Crippen molar-refractivity contribution in [1.82, 2.24) is 25.5 Å². The van der Waals surface area contributed by atoms with Crippen LogP contribution in [0.15, 0.2) is 29.4 Å². The molecule has 1 unspecified atom stereocenters. The van der Waals surface area contributed by atoms with E-state index in [0.29, 0.717) is 10.2 Å². The molecule has 0 aliphatic carbocycles. The summed E-state index contributed by atoms with van der Waals surface area (Å²) in [7, 11) is 1.60. The van der Waals surface area contributed by atoms with Gasteiger partial charge in [0, 0.05) is 12.1 Å². The fraction of sp³-hybridized carbons (Fsp3) is 0.273. The normalized spacial score (nSPS) is 12.2. The van der Waals surface area contributed by atoms with Gasteiger partial charge in [-0.3, -0.25) is 4.79 Å². The molecule has 1 amide bonds. The Morgan fingerprint density at radius 3 is 2.74 bits per heavy atom. The Balaban J connectivity index is 2.22. The van der Waals surface area contributed by atoms with Crippen molar-refractivity contribution < 1.29 is 4.79 Å². The average Bonchev–Trinajstić information content (AvgIpc) is 2.86. The number of carbonyl (C=O) groups excluding carboxylic acids is 1. The van der Waals surface area contributed by atoms with E-state index in [1.165, 1.54) is 11.8 Å². The summed E-state index contributed by atoms with van der Waals surface area (Å²) in [6.07, 6.45) is 0. The van der Waals surface area contributed by atoms with E-state index in [2.05, 4.69) is 20.8 Å². The van der Waals surface area contributed by atoms with E-state index in [1.54, 1.807) is 30.8 Å². The molecule has 0 bridgehead atoms. The first-order valence-corrected chi connectivity index (χ1v) is 6.80. The Morgan fingerprint density at radius 2 is 2.11 bits per heavy atom. The zero-order valence-corrected chi connectivity index (χ0v) is 11.9. The number of hydrogen-bond donors (Lipinski definition) is 1. The highest BCUT2D eigenvalue weighted by molar-refractivity contribution is 8.00. The van der Waals surface area contributed by atoms with Gasteiger partial charge in [0.1, 0.15) is 0 Å². The van der Waals surface area contributed by atoms with E-state index in [4.69, 9.17) is 11.6 Å². The summed E-state index contributed by atoms with van der Waals surface area (Å²) in [4.78, 5) is 11.5. The lowest BCUT2D eigenvalue weighted by Gasteiger charge is -2.09. The number of halogens is 1. The van der Waals surface area contributed by atoms with Crippen molar-refractivity contribution in [1.29, 1.82) is 0 Å². The first kappa shape index (κ1) is 13.8. The van der Waals surface area contributed by atoms with Gasteiger partial charge in [0.05, 0.1) is 10.9 Å². The fourth-order valence-corrected chi connectivity index (χ4v) is 2.40. The van der Waals surface area contributed by atoms with E-state index in [-0.39, 0.29) is 11.2 Å². The summed E-state index contributed by atoms with van der Waals surface area (Å²) in [6.45, 7) is 1.80. The molecule has 1 aromatic heterocycles. The van der Waals surface area contributed by atoms with Gasteiger partial charge in [-0.2, -0.15) is 4.68 Å². The summed E-state index contributed by atoms with van der Waals surface area (Å²) in [5.74, 6) is -0.0735. The molecular weight excluding hydrogens is 286 g/mol. The zero-order valence-electron chi connectivity index (χ0n) is 10.4. The molecule has 0 spiro atoms. The van der Waals surface area contributed by atoms with Gasteiger partial charge in [0.2, 0.25) is 11.1 Å². The van der Waals surface area contributed by atoms with Crippen molar-refractivity contribution in [3.8, 4) is 5.69 Å². The molecule has 6 nitrogen and oxygen atoms in total. The number of nitrogens with zero attached hydrogens (tertiary/aromatic N) is 4. The Morgan fingerprint density at radius 1 is 1.42 bits per heavy atom. The summed E-state index contributed by atoms with van der Waals surface area (Å²) in [6, 6.07) is 7.14. The van der Waals surface area contributed by atoms with Crippen LogP contribution in [0.5, 0.6) is 0 Å². The van der Waals surface area contributed by atoms with E-state index in [0.717, 1.165) is 5.69 Å². The second-order valence-corrected chi connectivity index (χ2v) is 5.47. The van der Waals surface area contributed by atoms with Crippen LogP contribution in [-0.2, 0) is 4.79 Å². The van der Waals surface area contributed by atoms with Gasteiger partial charge in [-0.05, 0) is 41.6 Å². The predicted octanol–water partition coefficient (Wildman–Crippen LogP) is 1.54. The Hall–Kier alpha value is -1.60. The first-order valence-electron chi connectivity index (χ1n) is 5.54. The molecule has 2 aromatic rings. The zero-order chi connectivity index (χ0) is 13.8. The van der Waals surface area contributed by atoms with Crippen LogP contribution in [0.4, 0.5) is 0 Å². The lowest BCUT2D eigenvalue weighted by atomic mass is 10.3. The number of tetrazole rings is 1. The molecule has 1 heterocycles. The average molecular weight is 298 g/mol. The van der Waals surface area contributed by atoms with Gasteiger partial charge in [-0.25, -0.2) is 0 Å². The van der Waals surface area contributed by atoms with Crippen LogP contribution in [0.1, 0.15) is 6.92 Å². The van der Waals surface area contributed by atoms with Crippen LogP contribution in [0, 0.1) is 0 Å². The van der Waals surface area contributed by atoms with E-state index in [9.17, 15) is 4.79 Å². The highest BCUT2D eigenvalue weighted by Gasteiger charge is 2.17. The van der Waals surface area contributed by atoms with Crippen LogP contribution >= 0.6 is 23.4 Å². The standard InChI is InChI=1S/C11H12ClN5OS/c1-7(10(18)13-2)19-11-14-15-16-17(11)9-5-3-8(12)4-6-9/h3-7H,1-2H3,(H,13,18).